The number of aliphatic hydroxyl groups is 1. The van der Waals surface area contributed by atoms with Crippen LogP contribution in [0.3, 0.4) is 0 Å². The minimum absolute atomic E-state index is 0.00910. The van der Waals surface area contributed by atoms with Gasteiger partial charge in [0.05, 0.1) is 13.2 Å². The van der Waals surface area contributed by atoms with Gasteiger partial charge in [-0.05, 0) is 12.8 Å². The molecule has 0 bridgehead atoms. The van der Waals surface area contributed by atoms with Gasteiger partial charge >= 0.3 is 0 Å². The molecule has 0 aromatic heterocycles. The Morgan fingerprint density at radius 1 is 1.64 bits per heavy atom. The summed E-state index contributed by atoms with van der Waals surface area (Å²) < 4.78 is 0. The summed E-state index contributed by atoms with van der Waals surface area (Å²) in [5.41, 5.74) is 5.08. The van der Waals surface area contributed by atoms with Gasteiger partial charge in [-0.25, -0.2) is 0 Å². The number of carbonyl (C=O) groups is 1. The van der Waals surface area contributed by atoms with Gasteiger partial charge in [0.2, 0.25) is 5.91 Å². The average Bonchev–Trinajstić information content (AvgIpc) is 2.81. The molecule has 0 radical (unpaired) electrons. The Bertz CT molecular complexity index is 155. The van der Waals surface area contributed by atoms with Gasteiger partial charge in [0.25, 0.3) is 0 Å². The highest BCUT2D eigenvalue weighted by Crippen LogP contribution is 2.44. The maximum atomic E-state index is 10.7. The molecule has 1 aliphatic carbocycles. The highest BCUT2D eigenvalue weighted by molar-refractivity contribution is 5.77. The molecule has 4 N–H and O–H groups in total. The van der Waals surface area contributed by atoms with Gasteiger partial charge in [0.1, 0.15) is 0 Å². The van der Waals surface area contributed by atoms with Crippen LogP contribution in [0.5, 0.6) is 0 Å². The van der Waals surface area contributed by atoms with E-state index in [9.17, 15) is 4.79 Å². The Labute approximate surface area is 65.8 Å². The van der Waals surface area contributed by atoms with Crippen LogP contribution in [0.1, 0.15) is 12.8 Å². The van der Waals surface area contributed by atoms with Crippen LogP contribution in [0.25, 0.3) is 0 Å². The van der Waals surface area contributed by atoms with Gasteiger partial charge in [-0.2, -0.15) is 0 Å². The first kappa shape index (κ1) is 8.49. The number of hydrogen-bond donors (Lipinski definition) is 3. The maximum Gasteiger partial charge on any atom is 0.233 e. The van der Waals surface area contributed by atoms with Crippen LogP contribution >= 0.6 is 0 Å². The monoisotopic (exact) mass is 158 g/mol. The molecule has 0 aromatic rings. The molecule has 1 aliphatic rings. The number of rotatable bonds is 4. The highest BCUT2D eigenvalue weighted by Gasteiger charge is 2.41. The Kier molecular flexibility index (Phi) is 2.46. The molecule has 0 unspecified atom stereocenters. The number of aliphatic hydroxyl groups excluding tert-OH is 1. The summed E-state index contributed by atoms with van der Waals surface area (Å²) in [5, 5.41) is 11.5. The molecular weight excluding hydrogens is 144 g/mol. The van der Waals surface area contributed by atoms with Crippen LogP contribution in [0, 0.1) is 5.41 Å². The molecule has 4 heteroatoms. The van der Waals surface area contributed by atoms with E-state index in [4.69, 9.17) is 10.8 Å². The van der Waals surface area contributed by atoms with Crippen molar-refractivity contribution in [3.8, 4) is 0 Å². The van der Waals surface area contributed by atoms with Gasteiger partial charge in [0, 0.05) is 12.0 Å². The number of nitrogens with one attached hydrogen (secondary N) is 1. The van der Waals surface area contributed by atoms with Gasteiger partial charge < -0.3 is 16.2 Å². The van der Waals surface area contributed by atoms with Crippen molar-refractivity contribution >= 4 is 5.91 Å². The Morgan fingerprint density at radius 2 is 2.27 bits per heavy atom. The third-order valence-corrected chi connectivity index (χ3v) is 2.14. The molecule has 1 saturated carbocycles. The largest absolute Gasteiger partial charge is 0.396 e. The molecule has 0 aromatic carbocycles. The van der Waals surface area contributed by atoms with E-state index < -0.39 is 0 Å². The average molecular weight is 158 g/mol. The second-order valence-electron chi connectivity index (χ2n) is 3.14. The van der Waals surface area contributed by atoms with E-state index in [-0.39, 0.29) is 24.5 Å². The zero-order chi connectivity index (χ0) is 8.32. The minimum atomic E-state index is -0.148. The molecule has 64 valence electrons. The standard InChI is InChI=1S/C7H14N2O2/c8-3-6(11)9-4-7(5-10)1-2-7/h10H,1-5,8H2,(H,9,11). The highest BCUT2D eigenvalue weighted by atomic mass is 16.3. The smallest absolute Gasteiger partial charge is 0.233 e. The summed E-state index contributed by atoms with van der Waals surface area (Å²) in [4.78, 5) is 10.7. The molecule has 1 amide bonds. The van der Waals surface area contributed by atoms with E-state index in [0.29, 0.717) is 6.54 Å². The van der Waals surface area contributed by atoms with Crippen molar-refractivity contribution in [1.29, 1.82) is 0 Å². The fourth-order valence-electron chi connectivity index (χ4n) is 0.926. The molecule has 4 nitrogen and oxygen atoms in total. The SMILES string of the molecule is NCC(=O)NCC1(CO)CC1. The Balaban J connectivity index is 2.16. The first-order chi connectivity index (χ1) is 5.22. The summed E-state index contributed by atoms with van der Waals surface area (Å²) >= 11 is 0. The van der Waals surface area contributed by atoms with Gasteiger partial charge in [-0.1, -0.05) is 0 Å². The predicted octanol–water partition coefficient (Wildman–Crippen LogP) is -1.17. The topological polar surface area (TPSA) is 75.4 Å². The fourth-order valence-corrected chi connectivity index (χ4v) is 0.926. The van der Waals surface area contributed by atoms with Gasteiger partial charge in [-0.3, -0.25) is 4.79 Å². The number of nitrogens with two attached hydrogens (primary N) is 1. The lowest BCUT2D eigenvalue weighted by Gasteiger charge is -2.11. The summed E-state index contributed by atoms with van der Waals surface area (Å²) in [7, 11) is 0. The normalized spacial score (nSPS) is 19.5. The van der Waals surface area contributed by atoms with Crippen molar-refractivity contribution in [2.75, 3.05) is 19.7 Å². The summed E-state index contributed by atoms with van der Waals surface area (Å²) in [5.74, 6) is -0.148. The van der Waals surface area contributed by atoms with E-state index in [1.807, 2.05) is 0 Å². The van der Waals surface area contributed by atoms with E-state index in [1.54, 1.807) is 0 Å². The predicted molar refractivity (Wildman–Crippen MR) is 40.8 cm³/mol. The molecule has 0 atom stereocenters. The zero-order valence-corrected chi connectivity index (χ0v) is 6.47. The number of carbonyl (C=O) groups excluding carboxylic acids is 1. The van der Waals surface area contributed by atoms with E-state index >= 15 is 0 Å². The second kappa shape index (κ2) is 3.19. The molecule has 0 saturated heterocycles. The third-order valence-electron chi connectivity index (χ3n) is 2.14. The molecule has 1 rings (SSSR count). The summed E-state index contributed by atoms with van der Waals surface area (Å²) in [6, 6.07) is 0. The molecule has 1 fully saturated rings. The maximum absolute atomic E-state index is 10.7. The van der Waals surface area contributed by atoms with Crippen LogP contribution in [-0.4, -0.2) is 30.7 Å². The van der Waals surface area contributed by atoms with Crippen molar-refractivity contribution in [1.82, 2.24) is 5.32 Å². The minimum Gasteiger partial charge on any atom is -0.396 e. The molecule has 0 heterocycles. The molecular formula is C7H14N2O2. The molecule has 0 aliphatic heterocycles. The second-order valence-corrected chi connectivity index (χ2v) is 3.14. The lowest BCUT2D eigenvalue weighted by molar-refractivity contribution is -0.120. The molecule has 11 heavy (non-hydrogen) atoms. The van der Waals surface area contributed by atoms with Crippen molar-refractivity contribution in [2.24, 2.45) is 11.1 Å². The summed E-state index contributed by atoms with van der Waals surface area (Å²) in [6.07, 6.45) is 2.02. The first-order valence-electron chi connectivity index (χ1n) is 3.80. The van der Waals surface area contributed by atoms with Gasteiger partial charge in [0.15, 0.2) is 0 Å². The first-order valence-corrected chi connectivity index (χ1v) is 3.80. The van der Waals surface area contributed by atoms with E-state index in [1.165, 1.54) is 0 Å². The summed E-state index contributed by atoms with van der Waals surface area (Å²) in [6.45, 7) is 0.763. The lowest BCUT2D eigenvalue weighted by atomic mass is 10.1. The number of hydrogen-bond acceptors (Lipinski definition) is 3. The molecule has 0 spiro atoms. The zero-order valence-electron chi connectivity index (χ0n) is 6.47. The van der Waals surface area contributed by atoms with Crippen LogP contribution in [0.4, 0.5) is 0 Å². The van der Waals surface area contributed by atoms with Crippen molar-refractivity contribution < 1.29 is 9.90 Å². The van der Waals surface area contributed by atoms with Crippen LogP contribution in [0.15, 0.2) is 0 Å². The van der Waals surface area contributed by atoms with Gasteiger partial charge in [-0.15, -0.1) is 0 Å². The van der Waals surface area contributed by atoms with Crippen LogP contribution in [-0.2, 0) is 4.79 Å². The van der Waals surface area contributed by atoms with E-state index in [2.05, 4.69) is 5.32 Å². The van der Waals surface area contributed by atoms with Crippen molar-refractivity contribution in [3.63, 3.8) is 0 Å². The fraction of sp³-hybridized carbons (Fsp3) is 0.857. The van der Waals surface area contributed by atoms with Crippen molar-refractivity contribution in [3.05, 3.63) is 0 Å². The van der Waals surface area contributed by atoms with Crippen molar-refractivity contribution in [2.45, 2.75) is 12.8 Å². The number of amides is 1. The third kappa shape index (κ3) is 2.17. The lowest BCUT2D eigenvalue weighted by Crippen LogP contribution is -2.35. The van der Waals surface area contributed by atoms with Crippen LogP contribution < -0.4 is 11.1 Å². The Morgan fingerprint density at radius 3 is 2.64 bits per heavy atom. The van der Waals surface area contributed by atoms with Crippen LogP contribution in [0.2, 0.25) is 0 Å². The quantitative estimate of drug-likeness (QED) is 0.483. The van der Waals surface area contributed by atoms with E-state index in [0.717, 1.165) is 12.8 Å². The Hall–Kier alpha value is -0.610.